The Hall–Kier alpha value is -1.06. The Labute approximate surface area is 78.6 Å². The van der Waals surface area contributed by atoms with Crippen LogP contribution < -0.4 is 5.32 Å². The van der Waals surface area contributed by atoms with Gasteiger partial charge in [0.2, 0.25) is 6.41 Å². The summed E-state index contributed by atoms with van der Waals surface area (Å²) in [5, 5.41) is 2.48. The molecule has 0 heterocycles. The van der Waals surface area contributed by atoms with Crippen molar-refractivity contribution in [2.75, 3.05) is 7.11 Å². The Balaban J connectivity index is 4.36. The zero-order chi connectivity index (χ0) is 10.3. The van der Waals surface area contributed by atoms with Gasteiger partial charge in [-0.25, -0.2) is 4.79 Å². The van der Waals surface area contributed by atoms with Gasteiger partial charge in [0.05, 0.1) is 7.11 Å². The maximum Gasteiger partial charge on any atom is 0.328 e. The van der Waals surface area contributed by atoms with Crippen LogP contribution in [-0.4, -0.2) is 25.5 Å². The standard InChI is InChI=1S/C9H17NO3/c1-4-7(5-2)8(10-6-11)9(12)13-3/h6-8H,4-5H2,1-3H3,(H,10,11)/t8-/m0/s1. The highest BCUT2D eigenvalue weighted by atomic mass is 16.5. The third-order valence-corrected chi connectivity index (χ3v) is 2.22. The van der Waals surface area contributed by atoms with E-state index in [4.69, 9.17) is 0 Å². The molecule has 0 fully saturated rings. The monoisotopic (exact) mass is 187 g/mol. The number of ether oxygens (including phenoxy) is 1. The van der Waals surface area contributed by atoms with Crippen molar-refractivity contribution in [2.45, 2.75) is 32.7 Å². The van der Waals surface area contributed by atoms with Gasteiger partial charge in [0.1, 0.15) is 6.04 Å². The second-order valence-corrected chi connectivity index (χ2v) is 2.86. The van der Waals surface area contributed by atoms with Gasteiger partial charge >= 0.3 is 5.97 Å². The summed E-state index contributed by atoms with van der Waals surface area (Å²) >= 11 is 0. The first-order chi connectivity index (χ1) is 6.21. The average Bonchev–Trinajstić information content (AvgIpc) is 2.17. The van der Waals surface area contributed by atoms with Crippen LogP contribution in [0.15, 0.2) is 0 Å². The number of esters is 1. The van der Waals surface area contributed by atoms with E-state index in [1.165, 1.54) is 7.11 Å². The Morgan fingerprint density at radius 2 is 2.00 bits per heavy atom. The van der Waals surface area contributed by atoms with Crippen LogP contribution in [0.5, 0.6) is 0 Å². The molecule has 0 aromatic rings. The van der Waals surface area contributed by atoms with E-state index in [0.29, 0.717) is 6.41 Å². The number of hydrogen-bond acceptors (Lipinski definition) is 3. The molecule has 0 aliphatic heterocycles. The SMILES string of the molecule is CCC(CC)[C@H](NC=O)C(=O)OC. The number of methoxy groups -OCH3 is 1. The normalized spacial score (nSPS) is 12.3. The fourth-order valence-electron chi connectivity index (χ4n) is 1.36. The molecule has 0 aliphatic rings. The van der Waals surface area contributed by atoms with Crippen LogP contribution in [-0.2, 0) is 14.3 Å². The minimum absolute atomic E-state index is 0.151. The topological polar surface area (TPSA) is 55.4 Å². The lowest BCUT2D eigenvalue weighted by Crippen LogP contribution is -2.42. The van der Waals surface area contributed by atoms with Crippen LogP contribution in [0.25, 0.3) is 0 Å². The number of carbonyl (C=O) groups is 2. The molecule has 13 heavy (non-hydrogen) atoms. The number of hydrogen-bond donors (Lipinski definition) is 1. The van der Waals surface area contributed by atoms with E-state index in [9.17, 15) is 9.59 Å². The number of carbonyl (C=O) groups excluding carboxylic acids is 2. The van der Waals surface area contributed by atoms with Gasteiger partial charge in [0.15, 0.2) is 0 Å². The van der Waals surface area contributed by atoms with E-state index in [0.717, 1.165) is 12.8 Å². The van der Waals surface area contributed by atoms with Gasteiger partial charge in [-0.2, -0.15) is 0 Å². The summed E-state index contributed by atoms with van der Waals surface area (Å²) in [5.41, 5.74) is 0. The Bertz CT molecular complexity index is 166. The molecule has 76 valence electrons. The lowest BCUT2D eigenvalue weighted by Gasteiger charge is -2.21. The number of amides is 1. The molecule has 0 unspecified atom stereocenters. The molecule has 0 aliphatic carbocycles. The van der Waals surface area contributed by atoms with E-state index in [1.807, 2.05) is 13.8 Å². The van der Waals surface area contributed by atoms with Crippen molar-refractivity contribution in [3.05, 3.63) is 0 Å². The Morgan fingerprint density at radius 3 is 2.31 bits per heavy atom. The molecular formula is C9H17NO3. The van der Waals surface area contributed by atoms with Gasteiger partial charge in [-0.15, -0.1) is 0 Å². The first-order valence-electron chi connectivity index (χ1n) is 4.48. The van der Waals surface area contributed by atoms with Crippen molar-refractivity contribution < 1.29 is 14.3 Å². The summed E-state index contributed by atoms with van der Waals surface area (Å²) < 4.78 is 4.59. The molecule has 4 heteroatoms. The second kappa shape index (κ2) is 6.46. The second-order valence-electron chi connectivity index (χ2n) is 2.86. The smallest absolute Gasteiger partial charge is 0.328 e. The molecule has 0 rings (SSSR count). The summed E-state index contributed by atoms with van der Waals surface area (Å²) in [6.07, 6.45) is 2.23. The molecule has 0 saturated heterocycles. The van der Waals surface area contributed by atoms with Gasteiger partial charge in [0.25, 0.3) is 0 Å². The molecule has 0 aromatic carbocycles. The van der Waals surface area contributed by atoms with Crippen LogP contribution >= 0.6 is 0 Å². The van der Waals surface area contributed by atoms with E-state index in [2.05, 4.69) is 10.1 Å². The van der Waals surface area contributed by atoms with Crippen LogP contribution in [0.2, 0.25) is 0 Å². The van der Waals surface area contributed by atoms with E-state index in [1.54, 1.807) is 0 Å². The highest BCUT2D eigenvalue weighted by molar-refractivity contribution is 5.78. The van der Waals surface area contributed by atoms with Gasteiger partial charge in [-0.3, -0.25) is 4.79 Å². The molecule has 0 aromatic heterocycles. The molecule has 0 bridgehead atoms. The largest absolute Gasteiger partial charge is 0.467 e. The van der Waals surface area contributed by atoms with E-state index < -0.39 is 6.04 Å². The van der Waals surface area contributed by atoms with Crippen LogP contribution in [0.1, 0.15) is 26.7 Å². The fraction of sp³-hybridized carbons (Fsp3) is 0.778. The van der Waals surface area contributed by atoms with Crippen molar-refractivity contribution in [2.24, 2.45) is 5.92 Å². The lowest BCUT2D eigenvalue weighted by atomic mass is 9.94. The van der Waals surface area contributed by atoms with Crippen molar-refractivity contribution in [3.8, 4) is 0 Å². The summed E-state index contributed by atoms with van der Waals surface area (Å²) in [7, 11) is 1.32. The van der Waals surface area contributed by atoms with Gasteiger partial charge in [0, 0.05) is 0 Å². The predicted molar refractivity (Wildman–Crippen MR) is 49.1 cm³/mol. The molecule has 0 radical (unpaired) electrons. The zero-order valence-corrected chi connectivity index (χ0v) is 8.37. The molecule has 4 nitrogen and oxygen atoms in total. The quantitative estimate of drug-likeness (QED) is 0.492. The van der Waals surface area contributed by atoms with Crippen LogP contribution in [0.3, 0.4) is 0 Å². The molecule has 1 N–H and O–H groups in total. The maximum absolute atomic E-state index is 11.2. The van der Waals surface area contributed by atoms with E-state index in [-0.39, 0.29) is 11.9 Å². The van der Waals surface area contributed by atoms with E-state index >= 15 is 0 Å². The average molecular weight is 187 g/mol. The fourth-order valence-corrected chi connectivity index (χ4v) is 1.36. The number of rotatable bonds is 6. The highest BCUT2D eigenvalue weighted by Crippen LogP contribution is 2.13. The van der Waals surface area contributed by atoms with Crippen LogP contribution in [0, 0.1) is 5.92 Å². The van der Waals surface area contributed by atoms with Crippen molar-refractivity contribution in [1.82, 2.24) is 5.32 Å². The summed E-state index contributed by atoms with van der Waals surface area (Å²) in [4.78, 5) is 21.5. The predicted octanol–water partition coefficient (Wildman–Crippen LogP) is 0.710. The lowest BCUT2D eigenvalue weighted by molar-refractivity contribution is -0.145. The summed E-state index contributed by atoms with van der Waals surface area (Å²) in [5.74, 6) is -0.224. The summed E-state index contributed by atoms with van der Waals surface area (Å²) in [6.45, 7) is 3.97. The first kappa shape index (κ1) is 11.9. The molecular weight excluding hydrogens is 170 g/mol. The van der Waals surface area contributed by atoms with Gasteiger partial charge in [-0.05, 0) is 5.92 Å². The maximum atomic E-state index is 11.2. The van der Waals surface area contributed by atoms with Gasteiger partial charge < -0.3 is 10.1 Å². The number of nitrogens with one attached hydrogen (secondary N) is 1. The molecule has 0 saturated carbocycles. The Morgan fingerprint density at radius 1 is 1.46 bits per heavy atom. The third kappa shape index (κ3) is 3.44. The third-order valence-electron chi connectivity index (χ3n) is 2.22. The Kier molecular flexibility index (Phi) is 5.93. The molecule has 0 spiro atoms. The van der Waals surface area contributed by atoms with Crippen molar-refractivity contribution in [1.29, 1.82) is 0 Å². The van der Waals surface area contributed by atoms with Gasteiger partial charge in [-0.1, -0.05) is 26.7 Å². The molecule has 1 atom stereocenters. The minimum Gasteiger partial charge on any atom is -0.467 e. The van der Waals surface area contributed by atoms with Crippen LogP contribution in [0.4, 0.5) is 0 Å². The first-order valence-corrected chi connectivity index (χ1v) is 4.48. The zero-order valence-electron chi connectivity index (χ0n) is 8.37. The summed E-state index contributed by atoms with van der Waals surface area (Å²) in [6, 6.07) is -0.502. The van der Waals surface area contributed by atoms with Crippen molar-refractivity contribution in [3.63, 3.8) is 0 Å². The van der Waals surface area contributed by atoms with Crippen molar-refractivity contribution >= 4 is 12.4 Å². The minimum atomic E-state index is -0.502. The molecule has 1 amide bonds. The highest BCUT2D eigenvalue weighted by Gasteiger charge is 2.25.